The number of carbonyl (C=O) groups is 2. The van der Waals surface area contributed by atoms with Crippen molar-refractivity contribution >= 4 is 45.0 Å². The lowest BCUT2D eigenvalue weighted by Crippen LogP contribution is -2.38. The van der Waals surface area contributed by atoms with Crippen molar-refractivity contribution in [1.29, 1.82) is 0 Å². The Morgan fingerprint density at radius 2 is 1.16 bits per heavy atom. The van der Waals surface area contributed by atoms with E-state index >= 15 is 0 Å². The van der Waals surface area contributed by atoms with Crippen LogP contribution in [0.3, 0.4) is 0 Å². The number of rotatable bonds is 8. The number of hydrogen-bond donors (Lipinski definition) is 3. The first-order valence-corrected chi connectivity index (χ1v) is 12.8. The van der Waals surface area contributed by atoms with Crippen LogP contribution >= 0.6 is 0 Å². The van der Waals surface area contributed by atoms with Crippen molar-refractivity contribution in [3.05, 3.63) is 46.6 Å². The zero-order chi connectivity index (χ0) is 25.6. The van der Waals surface area contributed by atoms with Gasteiger partial charge in [0.1, 0.15) is 0 Å². The molecule has 3 heterocycles. The molecular formula is C27H33N5O5. The fraction of sp³-hybridized carbons (Fsp3) is 0.444. The molecule has 0 unspecified atom stereocenters. The molecule has 1 aromatic heterocycles. The van der Waals surface area contributed by atoms with Crippen LogP contribution in [0.4, 0.5) is 11.4 Å². The molecule has 10 heteroatoms. The lowest BCUT2D eigenvalue weighted by molar-refractivity contribution is -0.117. The molecule has 0 bridgehead atoms. The number of H-pyrrole nitrogens is 1. The second kappa shape index (κ2) is 11.8. The van der Waals surface area contributed by atoms with Gasteiger partial charge in [0.25, 0.3) is 0 Å². The Balaban J connectivity index is 1.25. The molecular weight excluding hydrogens is 474 g/mol. The summed E-state index contributed by atoms with van der Waals surface area (Å²) in [6.45, 7) is 7.54. The highest BCUT2D eigenvalue weighted by molar-refractivity contribution is 5.99. The molecule has 3 aromatic rings. The minimum Gasteiger partial charge on any atom is -0.379 e. The molecule has 0 aliphatic carbocycles. The molecule has 2 amide bonds. The Kier molecular flexibility index (Phi) is 8.10. The number of aromatic amines is 1. The average molecular weight is 508 g/mol. The summed E-state index contributed by atoms with van der Waals surface area (Å²) in [6, 6.07) is 10.5. The smallest absolute Gasteiger partial charge is 0.225 e. The van der Waals surface area contributed by atoms with Crippen molar-refractivity contribution in [2.75, 3.05) is 76.3 Å². The van der Waals surface area contributed by atoms with Crippen molar-refractivity contribution in [3.8, 4) is 0 Å². The summed E-state index contributed by atoms with van der Waals surface area (Å²) in [6.07, 6.45) is 0.780. The quantitative estimate of drug-likeness (QED) is 0.400. The Morgan fingerprint density at radius 1 is 0.730 bits per heavy atom. The molecule has 2 fully saturated rings. The molecule has 37 heavy (non-hydrogen) atoms. The van der Waals surface area contributed by atoms with Crippen LogP contribution in [0.25, 0.3) is 21.8 Å². The molecule has 2 saturated heterocycles. The number of anilines is 2. The number of amides is 2. The zero-order valence-electron chi connectivity index (χ0n) is 20.9. The predicted octanol–water partition coefficient (Wildman–Crippen LogP) is 2.00. The Hall–Kier alpha value is -3.31. The largest absolute Gasteiger partial charge is 0.379 e. The van der Waals surface area contributed by atoms with Gasteiger partial charge >= 0.3 is 0 Å². The number of ether oxygens (including phenoxy) is 2. The molecule has 196 valence electrons. The van der Waals surface area contributed by atoms with Crippen molar-refractivity contribution in [1.82, 2.24) is 14.8 Å². The number of aromatic nitrogens is 1. The normalized spacial score (nSPS) is 17.2. The number of pyridine rings is 1. The second-order valence-electron chi connectivity index (χ2n) is 9.48. The maximum Gasteiger partial charge on any atom is 0.225 e. The molecule has 5 rings (SSSR count). The molecule has 2 aromatic carbocycles. The van der Waals surface area contributed by atoms with Gasteiger partial charge in [0.05, 0.1) is 37.5 Å². The number of nitrogens with zero attached hydrogens (tertiary/aromatic N) is 2. The van der Waals surface area contributed by atoms with E-state index in [-0.39, 0.29) is 17.2 Å². The molecule has 2 aliphatic heterocycles. The summed E-state index contributed by atoms with van der Waals surface area (Å²) in [5, 5.41) is 6.95. The first-order chi connectivity index (χ1) is 18.0. The molecule has 10 nitrogen and oxygen atoms in total. The predicted molar refractivity (Wildman–Crippen MR) is 143 cm³/mol. The first kappa shape index (κ1) is 25.3. The second-order valence-corrected chi connectivity index (χ2v) is 9.48. The van der Waals surface area contributed by atoms with E-state index in [1.807, 2.05) is 0 Å². The third kappa shape index (κ3) is 6.53. The van der Waals surface area contributed by atoms with Gasteiger partial charge in [-0.2, -0.15) is 0 Å². The summed E-state index contributed by atoms with van der Waals surface area (Å²) in [5.41, 5.74) is 2.40. The minimum absolute atomic E-state index is 0.0731. The number of nitrogens with one attached hydrogen (secondary N) is 3. The molecule has 0 saturated carbocycles. The highest BCUT2D eigenvalue weighted by Gasteiger charge is 2.14. The maximum absolute atomic E-state index is 13.1. The van der Waals surface area contributed by atoms with Gasteiger partial charge in [-0.1, -0.05) is 0 Å². The topological polar surface area (TPSA) is 116 Å². The Morgan fingerprint density at radius 3 is 1.59 bits per heavy atom. The van der Waals surface area contributed by atoms with Crippen LogP contribution in [0.2, 0.25) is 0 Å². The third-order valence-electron chi connectivity index (χ3n) is 6.88. The fourth-order valence-corrected chi connectivity index (χ4v) is 4.75. The van der Waals surface area contributed by atoms with E-state index in [0.717, 1.165) is 26.2 Å². The van der Waals surface area contributed by atoms with Gasteiger partial charge in [-0.25, -0.2) is 0 Å². The lowest BCUT2D eigenvalue weighted by Gasteiger charge is -2.26. The fourth-order valence-electron chi connectivity index (χ4n) is 4.75. The summed E-state index contributed by atoms with van der Waals surface area (Å²) in [7, 11) is 0. The van der Waals surface area contributed by atoms with E-state index in [2.05, 4.69) is 25.4 Å². The summed E-state index contributed by atoms with van der Waals surface area (Å²) < 4.78 is 10.7. The first-order valence-electron chi connectivity index (χ1n) is 12.8. The van der Waals surface area contributed by atoms with Crippen molar-refractivity contribution in [2.45, 2.75) is 12.8 Å². The van der Waals surface area contributed by atoms with Crippen LogP contribution in [-0.4, -0.2) is 92.3 Å². The van der Waals surface area contributed by atoms with Crippen LogP contribution in [0.15, 0.2) is 41.2 Å². The van der Waals surface area contributed by atoms with Crippen LogP contribution in [-0.2, 0) is 19.1 Å². The van der Waals surface area contributed by atoms with Crippen molar-refractivity contribution in [2.24, 2.45) is 0 Å². The van der Waals surface area contributed by atoms with Crippen molar-refractivity contribution < 1.29 is 19.1 Å². The molecule has 3 N–H and O–H groups in total. The van der Waals surface area contributed by atoms with Gasteiger partial charge < -0.3 is 25.1 Å². The molecule has 0 atom stereocenters. The third-order valence-corrected chi connectivity index (χ3v) is 6.88. The van der Waals surface area contributed by atoms with Gasteiger partial charge in [-0.05, 0) is 36.4 Å². The van der Waals surface area contributed by atoms with Crippen molar-refractivity contribution in [3.63, 3.8) is 0 Å². The highest BCUT2D eigenvalue weighted by Crippen LogP contribution is 2.21. The zero-order valence-corrected chi connectivity index (χ0v) is 20.9. The van der Waals surface area contributed by atoms with Crippen LogP contribution in [0.5, 0.6) is 0 Å². The standard InChI is InChI=1S/C27H33N5O5/c33-25(5-7-31-9-13-36-14-10-31)28-19-1-3-21-23(17-19)30-24-18-20(2-4-22(24)27(21)35)29-26(34)6-8-32-11-15-37-16-12-32/h1-4,17-18H,5-16H2,(H,28,33)(H,29,34)(H,30,35). The van der Waals surface area contributed by atoms with Crippen LogP contribution in [0.1, 0.15) is 12.8 Å². The van der Waals surface area contributed by atoms with Crippen LogP contribution < -0.4 is 16.1 Å². The van der Waals surface area contributed by atoms with E-state index in [4.69, 9.17) is 9.47 Å². The minimum atomic E-state index is -0.0980. The van der Waals surface area contributed by atoms with Gasteiger partial charge in [0.15, 0.2) is 5.43 Å². The van der Waals surface area contributed by atoms with Gasteiger partial charge in [0, 0.05) is 74.3 Å². The number of fused-ring (bicyclic) bond motifs is 2. The number of benzene rings is 2. The van der Waals surface area contributed by atoms with Gasteiger partial charge in [-0.3, -0.25) is 24.2 Å². The van der Waals surface area contributed by atoms with E-state index in [0.29, 0.717) is 85.5 Å². The maximum atomic E-state index is 13.1. The summed E-state index contributed by atoms with van der Waals surface area (Å²) in [4.78, 5) is 45.8. The number of hydrogen-bond acceptors (Lipinski definition) is 7. The van der Waals surface area contributed by atoms with E-state index in [9.17, 15) is 14.4 Å². The molecule has 0 radical (unpaired) electrons. The molecule has 2 aliphatic rings. The van der Waals surface area contributed by atoms with E-state index < -0.39 is 0 Å². The van der Waals surface area contributed by atoms with E-state index in [1.165, 1.54) is 0 Å². The number of morpholine rings is 2. The Labute approximate surface area is 214 Å². The average Bonchev–Trinajstić information content (AvgIpc) is 2.92. The summed E-state index contributed by atoms with van der Waals surface area (Å²) >= 11 is 0. The van der Waals surface area contributed by atoms with Gasteiger partial charge in [-0.15, -0.1) is 0 Å². The van der Waals surface area contributed by atoms with Gasteiger partial charge in [0.2, 0.25) is 11.8 Å². The highest BCUT2D eigenvalue weighted by atomic mass is 16.5. The molecule has 0 spiro atoms. The SMILES string of the molecule is O=C(CCN1CCOCC1)Nc1ccc2c(=O)c3ccc(NC(=O)CCN4CCOCC4)cc3[nH]c2c1. The lowest BCUT2D eigenvalue weighted by atomic mass is 10.1. The Bertz CT molecular complexity index is 1230. The van der Waals surface area contributed by atoms with E-state index in [1.54, 1.807) is 36.4 Å². The number of carbonyl (C=O) groups excluding carboxylic acids is 2. The monoisotopic (exact) mass is 507 g/mol. The summed E-state index contributed by atoms with van der Waals surface area (Å²) in [5.74, 6) is -0.146. The van der Waals surface area contributed by atoms with Crippen LogP contribution in [0, 0.1) is 0 Å².